The van der Waals surface area contributed by atoms with Gasteiger partial charge in [-0.25, -0.2) is 0 Å². The monoisotopic (exact) mass is 501 g/mol. The summed E-state index contributed by atoms with van der Waals surface area (Å²) in [5.74, 6) is -0.338. The van der Waals surface area contributed by atoms with Gasteiger partial charge in [0.2, 0.25) is 5.91 Å². The van der Waals surface area contributed by atoms with Crippen molar-refractivity contribution in [3.05, 3.63) is 57.1 Å². The van der Waals surface area contributed by atoms with Gasteiger partial charge in [-0.2, -0.15) is 0 Å². The first-order valence-electron chi connectivity index (χ1n) is 10.9. The van der Waals surface area contributed by atoms with Gasteiger partial charge in [-0.1, -0.05) is 42.2 Å². The molecule has 1 aromatic heterocycles. The minimum atomic E-state index is -0.209. The van der Waals surface area contributed by atoms with Crippen molar-refractivity contribution >= 4 is 63.2 Å². The zero-order chi connectivity index (χ0) is 23.4. The maximum atomic E-state index is 13.4. The lowest BCUT2D eigenvalue weighted by Crippen LogP contribution is -2.44. The number of hydrogen-bond acceptors (Lipinski definition) is 7. The van der Waals surface area contributed by atoms with Crippen LogP contribution >= 0.6 is 35.3 Å². The van der Waals surface area contributed by atoms with Crippen molar-refractivity contribution in [1.82, 2.24) is 9.80 Å². The summed E-state index contributed by atoms with van der Waals surface area (Å²) in [6.45, 7) is 1.64. The van der Waals surface area contributed by atoms with Crippen LogP contribution in [0.3, 0.4) is 0 Å². The molecule has 1 atom stereocenters. The molecular formula is C24H27N3O3S3. The molecule has 6 nitrogen and oxygen atoms in total. The molecule has 2 aliphatic heterocycles. The molecule has 0 bridgehead atoms. The van der Waals surface area contributed by atoms with Crippen LogP contribution in [-0.4, -0.2) is 65.8 Å². The van der Waals surface area contributed by atoms with Crippen LogP contribution in [0.4, 0.5) is 5.69 Å². The number of rotatable bonds is 8. The minimum absolute atomic E-state index is 0.0277. The van der Waals surface area contributed by atoms with Gasteiger partial charge in [-0.15, -0.1) is 11.3 Å². The molecule has 2 fully saturated rings. The minimum Gasteiger partial charge on any atom is -0.378 e. The summed E-state index contributed by atoms with van der Waals surface area (Å²) in [4.78, 5) is 33.1. The Bertz CT molecular complexity index is 1030. The zero-order valence-corrected chi connectivity index (χ0v) is 21.2. The van der Waals surface area contributed by atoms with Crippen LogP contribution in [0.15, 0.2) is 46.7 Å². The Morgan fingerprint density at radius 1 is 1.27 bits per heavy atom. The molecule has 9 heteroatoms. The van der Waals surface area contributed by atoms with Gasteiger partial charge in [0.1, 0.15) is 10.9 Å². The predicted octanol–water partition coefficient (Wildman–Crippen LogP) is 4.22. The average molecular weight is 502 g/mol. The topological polar surface area (TPSA) is 53.1 Å². The molecule has 3 heterocycles. The molecular weight excluding hydrogens is 474 g/mol. The van der Waals surface area contributed by atoms with Gasteiger partial charge < -0.3 is 14.5 Å². The summed E-state index contributed by atoms with van der Waals surface area (Å²) in [6, 6.07) is 12.0. The third-order valence-electron chi connectivity index (χ3n) is 5.61. The van der Waals surface area contributed by atoms with Gasteiger partial charge in [0, 0.05) is 44.4 Å². The smallest absolute Gasteiger partial charge is 0.266 e. The van der Waals surface area contributed by atoms with Gasteiger partial charge in [-0.05, 0) is 48.1 Å². The van der Waals surface area contributed by atoms with E-state index in [9.17, 15) is 9.59 Å². The first-order chi connectivity index (χ1) is 15.9. The fraction of sp³-hybridized carbons (Fsp3) is 0.375. The number of carbonyl (C=O) groups is 2. The normalized spacial score (nSPS) is 19.5. The Hall–Kier alpha value is -2.20. The maximum Gasteiger partial charge on any atom is 0.266 e. The number of benzene rings is 1. The zero-order valence-electron chi connectivity index (χ0n) is 18.7. The Kier molecular flexibility index (Phi) is 7.85. The largest absolute Gasteiger partial charge is 0.378 e. The van der Waals surface area contributed by atoms with Gasteiger partial charge in [-0.3, -0.25) is 14.5 Å². The molecule has 4 rings (SSSR count). The Morgan fingerprint density at radius 2 is 2.06 bits per heavy atom. The number of nitrogens with zero attached hydrogens (tertiary/aromatic N) is 3. The molecule has 33 heavy (non-hydrogen) atoms. The first-order valence-corrected chi connectivity index (χ1v) is 13.0. The first kappa shape index (κ1) is 23.9. The number of thiocarbonyl (C=S) groups is 1. The van der Waals surface area contributed by atoms with Gasteiger partial charge in [0.05, 0.1) is 11.0 Å². The van der Waals surface area contributed by atoms with E-state index < -0.39 is 0 Å². The Balaban J connectivity index is 1.47. The van der Waals surface area contributed by atoms with Crippen molar-refractivity contribution in [2.75, 3.05) is 38.7 Å². The highest BCUT2D eigenvalue weighted by Gasteiger charge is 2.35. The second kappa shape index (κ2) is 10.8. The summed E-state index contributed by atoms with van der Waals surface area (Å²) in [7, 11) is 3.99. The van der Waals surface area contributed by atoms with Crippen molar-refractivity contribution in [2.24, 2.45) is 0 Å². The van der Waals surface area contributed by atoms with Gasteiger partial charge in [0.25, 0.3) is 5.91 Å². The maximum absolute atomic E-state index is 13.4. The van der Waals surface area contributed by atoms with E-state index in [-0.39, 0.29) is 24.5 Å². The van der Waals surface area contributed by atoms with E-state index in [1.54, 1.807) is 16.2 Å². The molecule has 2 aromatic rings. The number of hydrogen-bond donors (Lipinski definition) is 0. The van der Waals surface area contributed by atoms with Crippen LogP contribution in [0, 0.1) is 0 Å². The van der Waals surface area contributed by atoms with Crippen molar-refractivity contribution in [3.63, 3.8) is 0 Å². The summed E-state index contributed by atoms with van der Waals surface area (Å²) in [5, 5.41) is 1.96. The van der Waals surface area contributed by atoms with Gasteiger partial charge in [0.15, 0.2) is 0 Å². The summed E-state index contributed by atoms with van der Waals surface area (Å²) >= 11 is 8.25. The second-order valence-electron chi connectivity index (χ2n) is 8.25. The molecule has 2 amide bonds. The lowest BCUT2D eigenvalue weighted by Gasteiger charge is -2.27. The molecule has 1 unspecified atom stereocenters. The number of ether oxygens (including phenoxy) is 1. The standard InChI is InChI=1S/C24H27N3O3S3/c1-25(2)18-9-7-17(8-10-18)14-26(15-19-5-3-11-30-19)22(28)16-27-23(29)21(33-24(27)31)13-20-6-4-12-32-20/h4,6-10,12-13,19H,3,5,11,14-16H2,1-2H3/b21-13-. The van der Waals surface area contributed by atoms with Crippen molar-refractivity contribution < 1.29 is 14.3 Å². The summed E-state index contributed by atoms with van der Waals surface area (Å²) in [6.07, 6.45) is 3.81. The number of amides is 2. The molecule has 174 valence electrons. The van der Waals surface area contributed by atoms with Gasteiger partial charge >= 0.3 is 0 Å². The van der Waals surface area contributed by atoms with E-state index in [2.05, 4.69) is 0 Å². The Labute approximate surface area is 208 Å². The molecule has 0 saturated carbocycles. The lowest BCUT2D eigenvalue weighted by atomic mass is 10.1. The molecule has 1 aromatic carbocycles. The van der Waals surface area contributed by atoms with Crippen LogP contribution in [0.1, 0.15) is 23.3 Å². The summed E-state index contributed by atoms with van der Waals surface area (Å²) < 4.78 is 6.21. The van der Waals surface area contributed by atoms with Crippen molar-refractivity contribution in [2.45, 2.75) is 25.5 Å². The third kappa shape index (κ3) is 6.03. The van der Waals surface area contributed by atoms with Crippen LogP contribution in [0.25, 0.3) is 6.08 Å². The van der Waals surface area contributed by atoms with Crippen molar-refractivity contribution in [1.29, 1.82) is 0 Å². The molecule has 2 saturated heterocycles. The second-order valence-corrected chi connectivity index (χ2v) is 10.9. The fourth-order valence-corrected chi connectivity index (χ4v) is 5.76. The average Bonchev–Trinajstić information content (AvgIpc) is 3.54. The van der Waals surface area contributed by atoms with Crippen LogP contribution < -0.4 is 4.90 Å². The molecule has 0 N–H and O–H groups in total. The Morgan fingerprint density at radius 3 is 2.70 bits per heavy atom. The van der Waals surface area contributed by atoms with E-state index in [0.717, 1.165) is 35.6 Å². The predicted molar refractivity (Wildman–Crippen MR) is 139 cm³/mol. The van der Waals surface area contributed by atoms with E-state index >= 15 is 0 Å². The lowest BCUT2D eigenvalue weighted by molar-refractivity contribution is -0.137. The van der Waals surface area contributed by atoms with Crippen LogP contribution in [-0.2, 0) is 20.9 Å². The highest BCUT2D eigenvalue weighted by Crippen LogP contribution is 2.33. The van der Waals surface area contributed by atoms with E-state index in [0.29, 0.717) is 22.3 Å². The quantitative estimate of drug-likeness (QED) is 0.399. The van der Waals surface area contributed by atoms with E-state index in [4.69, 9.17) is 17.0 Å². The van der Waals surface area contributed by atoms with Crippen LogP contribution in [0.5, 0.6) is 0 Å². The number of thiophene rings is 1. The number of carbonyl (C=O) groups excluding carboxylic acids is 2. The molecule has 0 aliphatic carbocycles. The van der Waals surface area contributed by atoms with Crippen molar-refractivity contribution in [3.8, 4) is 0 Å². The fourth-order valence-electron chi connectivity index (χ4n) is 3.78. The number of thioether (sulfide) groups is 1. The highest BCUT2D eigenvalue weighted by molar-refractivity contribution is 8.26. The SMILES string of the molecule is CN(C)c1ccc(CN(CC2CCCO2)C(=O)CN2C(=O)/C(=C/c3cccs3)SC2=S)cc1. The molecule has 0 radical (unpaired) electrons. The van der Waals surface area contributed by atoms with E-state index in [1.165, 1.54) is 16.7 Å². The van der Waals surface area contributed by atoms with E-state index in [1.807, 2.05) is 66.8 Å². The third-order valence-corrected chi connectivity index (χ3v) is 7.81. The molecule has 0 spiro atoms. The number of anilines is 1. The van der Waals surface area contributed by atoms with Crippen LogP contribution in [0.2, 0.25) is 0 Å². The summed E-state index contributed by atoms with van der Waals surface area (Å²) in [5.41, 5.74) is 2.14. The molecule has 2 aliphatic rings. The highest BCUT2D eigenvalue weighted by atomic mass is 32.2.